The summed E-state index contributed by atoms with van der Waals surface area (Å²) in [6.45, 7) is 2.40. The second-order valence-corrected chi connectivity index (χ2v) is 4.60. The number of aromatic nitrogens is 1. The molecule has 0 fully saturated rings. The third kappa shape index (κ3) is 4.56. The van der Waals surface area contributed by atoms with Gasteiger partial charge in [0.1, 0.15) is 11.6 Å². The minimum absolute atomic E-state index is 0.0669. The maximum atomic E-state index is 13.4. The lowest BCUT2D eigenvalue weighted by Crippen LogP contribution is -2.11. The highest BCUT2D eigenvalue weighted by molar-refractivity contribution is 5.89. The lowest BCUT2D eigenvalue weighted by Gasteiger charge is -2.08. The molecule has 0 radical (unpaired) electrons. The molecule has 0 bridgehead atoms. The SMILES string of the molecule is CCC(=O)Nc1ccc(NCCc2ccccc2F)cn1. The van der Waals surface area contributed by atoms with Gasteiger partial charge in [-0.2, -0.15) is 0 Å². The predicted octanol–water partition coefficient (Wildman–Crippen LogP) is 3.22. The smallest absolute Gasteiger partial charge is 0.225 e. The van der Waals surface area contributed by atoms with Gasteiger partial charge in [-0.05, 0) is 30.2 Å². The third-order valence-corrected chi connectivity index (χ3v) is 3.03. The van der Waals surface area contributed by atoms with Gasteiger partial charge < -0.3 is 10.6 Å². The van der Waals surface area contributed by atoms with E-state index in [4.69, 9.17) is 0 Å². The molecule has 0 atom stereocenters. The van der Waals surface area contributed by atoms with Crippen molar-refractivity contribution in [3.8, 4) is 0 Å². The molecule has 1 aromatic heterocycles. The first kappa shape index (κ1) is 15.0. The topological polar surface area (TPSA) is 54.0 Å². The molecule has 0 saturated heterocycles. The molecule has 2 rings (SSSR count). The standard InChI is InChI=1S/C16H18FN3O/c1-2-16(21)20-15-8-7-13(11-19-15)18-10-9-12-5-3-4-6-14(12)17/h3-8,11,18H,2,9-10H2,1H3,(H,19,20,21). The van der Waals surface area contributed by atoms with Crippen LogP contribution in [0.4, 0.5) is 15.9 Å². The highest BCUT2D eigenvalue weighted by Gasteiger charge is 2.02. The number of anilines is 2. The van der Waals surface area contributed by atoms with Gasteiger partial charge in [0.05, 0.1) is 11.9 Å². The van der Waals surface area contributed by atoms with Crippen LogP contribution in [-0.2, 0) is 11.2 Å². The van der Waals surface area contributed by atoms with Gasteiger partial charge in [-0.3, -0.25) is 4.79 Å². The molecule has 0 aliphatic carbocycles. The number of hydrogen-bond acceptors (Lipinski definition) is 3. The average Bonchev–Trinajstić information content (AvgIpc) is 2.51. The fourth-order valence-corrected chi connectivity index (χ4v) is 1.85. The number of rotatable bonds is 6. The summed E-state index contributed by atoms with van der Waals surface area (Å²) in [6.07, 6.45) is 2.66. The number of nitrogens with zero attached hydrogens (tertiary/aromatic N) is 1. The summed E-state index contributed by atoms with van der Waals surface area (Å²) in [7, 11) is 0. The second kappa shape index (κ2) is 7.38. The van der Waals surface area contributed by atoms with E-state index in [0.717, 1.165) is 5.69 Å². The Bertz CT molecular complexity index is 599. The summed E-state index contributed by atoms with van der Waals surface area (Å²) in [5.41, 5.74) is 1.52. The van der Waals surface area contributed by atoms with E-state index in [1.807, 2.05) is 12.1 Å². The Kier molecular flexibility index (Phi) is 5.26. The molecule has 0 aliphatic rings. The summed E-state index contributed by atoms with van der Waals surface area (Å²) < 4.78 is 13.4. The van der Waals surface area contributed by atoms with Crippen LogP contribution in [0.3, 0.4) is 0 Å². The Morgan fingerprint density at radius 3 is 2.71 bits per heavy atom. The van der Waals surface area contributed by atoms with Crippen LogP contribution in [0.2, 0.25) is 0 Å². The minimum atomic E-state index is -0.185. The first-order valence-corrected chi connectivity index (χ1v) is 6.92. The van der Waals surface area contributed by atoms with Crippen LogP contribution < -0.4 is 10.6 Å². The molecule has 1 heterocycles. The molecule has 0 unspecified atom stereocenters. The van der Waals surface area contributed by atoms with Crippen molar-refractivity contribution in [3.63, 3.8) is 0 Å². The molecule has 2 N–H and O–H groups in total. The lowest BCUT2D eigenvalue weighted by atomic mass is 10.1. The molecule has 0 spiro atoms. The molecular weight excluding hydrogens is 269 g/mol. The van der Waals surface area contributed by atoms with E-state index < -0.39 is 0 Å². The largest absolute Gasteiger partial charge is 0.383 e. The average molecular weight is 287 g/mol. The van der Waals surface area contributed by atoms with E-state index in [1.54, 1.807) is 31.3 Å². The summed E-state index contributed by atoms with van der Waals surface area (Å²) in [5.74, 6) is 0.277. The van der Waals surface area contributed by atoms with Gasteiger partial charge in [-0.25, -0.2) is 9.37 Å². The normalized spacial score (nSPS) is 10.2. The highest BCUT2D eigenvalue weighted by Crippen LogP contribution is 2.11. The summed E-state index contributed by atoms with van der Waals surface area (Å²) in [5, 5.41) is 5.85. The van der Waals surface area contributed by atoms with Crippen LogP contribution in [0, 0.1) is 5.82 Å². The number of carbonyl (C=O) groups excluding carboxylic acids is 1. The lowest BCUT2D eigenvalue weighted by molar-refractivity contribution is -0.115. The van der Waals surface area contributed by atoms with E-state index in [2.05, 4.69) is 15.6 Å². The van der Waals surface area contributed by atoms with Crippen molar-refractivity contribution in [1.82, 2.24) is 4.98 Å². The van der Waals surface area contributed by atoms with Crippen molar-refractivity contribution in [1.29, 1.82) is 0 Å². The van der Waals surface area contributed by atoms with Crippen molar-refractivity contribution in [3.05, 3.63) is 54.0 Å². The predicted molar refractivity (Wildman–Crippen MR) is 81.8 cm³/mol. The van der Waals surface area contributed by atoms with Crippen LogP contribution >= 0.6 is 0 Å². The number of benzene rings is 1. The highest BCUT2D eigenvalue weighted by atomic mass is 19.1. The maximum absolute atomic E-state index is 13.4. The number of nitrogens with one attached hydrogen (secondary N) is 2. The molecule has 110 valence electrons. The summed E-state index contributed by atoms with van der Waals surface area (Å²) >= 11 is 0. The molecule has 1 amide bonds. The molecular formula is C16H18FN3O. The van der Waals surface area contributed by atoms with E-state index >= 15 is 0 Å². The Morgan fingerprint density at radius 1 is 1.24 bits per heavy atom. The molecule has 4 nitrogen and oxygen atoms in total. The van der Waals surface area contributed by atoms with Crippen molar-refractivity contribution in [2.24, 2.45) is 0 Å². The van der Waals surface area contributed by atoms with Crippen LogP contribution in [0.15, 0.2) is 42.6 Å². The zero-order chi connectivity index (χ0) is 15.1. The fraction of sp³-hybridized carbons (Fsp3) is 0.250. The Balaban J connectivity index is 1.84. The van der Waals surface area contributed by atoms with E-state index in [9.17, 15) is 9.18 Å². The number of carbonyl (C=O) groups is 1. The quantitative estimate of drug-likeness (QED) is 0.857. The van der Waals surface area contributed by atoms with E-state index in [0.29, 0.717) is 30.8 Å². The Hall–Kier alpha value is -2.43. The van der Waals surface area contributed by atoms with Crippen LogP contribution in [0.1, 0.15) is 18.9 Å². The third-order valence-electron chi connectivity index (χ3n) is 3.03. The van der Waals surface area contributed by atoms with E-state index in [1.165, 1.54) is 6.07 Å². The van der Waals surface area contributed by atoms with Crippen molar-refractivity contribution < 1.29 is 9.18 Å². The molecule has 21 heavy (non-hydrogen) atoms. The number of halogens is 1. The van der Waals surface area contributed by atoms with Crippen molar-refractivity contribution >= 4 is 17.4 Å². The molecule has 1 aromatic carbocycles. The minimum Gasteiger partial charge on any atom is -0.383 e. The molecule has 5 heteroatoms. The molecule has 0 aliphatic heterocycles. The van der Waals surface area contributed by atoms with Crippen LogP contribution in [0.25, 0.3) is 0 Å². The van der Waals surface area contributed by atoms with Gasteiger partial charge >= 0.3 is 0 Å². The fourth-order valence-electron chi connectivity index (χ4n) is 1.85. The van der Waals surface area contributed by atoms with Gasteiger partial charge in [0.15, 0.2) is 0 Å². The maximum Gasteiger partial charge on any atom is 0.225 e. The number of amides is 1. The van der Waals surface area contributed by atoms with Gasteiger partial charge in [-0.15, -0.1) is 0 Å². The van der Waals surface area contributed by atoms with Crippen molar-refractivity contribution in [2.75, 3.05) is 17.2 Å². The van der Waals surface area contributed by atoms with Gasteiger partial charge in [0, 0.05) is 13.0 Å². The monoisotopic (exact) mass is 287 g/mol. The Morgan fingerprint density at radius 2 is 2.05 bits per heavy atom. The number of hydrogen-bond donors (Lipinski definition) is 2. The van der Waals surface area contributed by atoms with Crippen molar-refractivity contribution in [2.45, 2.75) is 19.8 Å². The van der Waals surface area contributed by atoms with E-state index in [-0.39, 0.29) is 11.7 Å². The van der Waals surface area contributed by atoms with Crippen LogP contribution in [-0.4, -0.2) is 17.4 Å². The summed E-state index contributed by atoms with van der Waals surface area (Å²) in [6, 6.07) is 10.3. The number of pyridine rings is 1. The van der Waals surface area contributed by atoms with Gasteiger partial charge in [-0.1, -0.05) is 25.1 Å². The van der Waals surface area contributed by atoms with Gasteiger partial charge in [0.25, 0.3) is 0 Å². The zero-order valence-electron chi connectivity index (χ0n) is 11.9. The Labute approximate surface area is 123 Å². The molecule has 2 aromatic rings. The van der Waals surface area contributed by atoms with Crippen LogP contribution in [0.5, 0.6) is 0 Å². The first-order chi connectivity index (χ1) is 10.2. The second-order valence-electron chi connectivity index (χ2n) is 4.60. The molecule has 0 saturated carbocycles. The first-order valence-electron chi connectivity index (χ1n) is 6.92. The summed E-state index contributed by atoms with van der Waals surface area (Å²) in [4.78, 5) is 15.4. The van der Waals surface area contributed by atoms with Gasteiger partial charge in [0.2, 0.25) is 5.91 Å². The zero-order valence-corrected chi connectivity index (χ0v) is 11.9.